The van der Waals surface area contributed by atoms with Crippen LogP contribution in [-0.2, 0) is 0 Å². The number of aromatic nitrogens is 1. The van der Waals surface area contributed by atoms with Crippen LogP contribution in [0.4, 0.5) is 5.69 Å². The maximum Gasteiger partial charge on any atom is 0.122 e. The molecule has 0 atom stereocenters. The van der Waals surface area contributed by atoms with Gasteiger partial charge in [-0.3, -0.25) is 4.98 Å². The molecule has 0 aliphatic rings. The molecule has 0 radical (unpaired) electrons. The first-order chi connectivity index (χ1) is 8.70. The Bertz CT molecular complexity index is 582. The Morgan fingerprint density at radius 2 is 1.94 bits per heavy atom. The number of aliphatic imine (C=N–C) groups is 1. The maximum absolute atomic E-state index is 6.11. The standard InChI is InChI=1S/C14H13ClN2S/c1-10-6-5-9-13(16-10)14(18-2)17-12-8-4-3-7-11(12)15/h3-9H,1-2H3/b17-14-. The lowest BCUT2D eigenvalue weighted by molar-refractivity contribution is 1.18. The van der Waals surface area contributed by atoms with E-state index in [9.17, 15) is 0 Å². The van der Waals surface area contributed by atoms with Gasteiger partial charge in [0.2, 0.25) is 0 Å². The minimum atomic E-state index is 0.650. The lowest BCUT2D eigenvalue weighted by atomic mass is 10.3. The highest BCUT2D eigenvalue weighted by Gasteiger charge is 2.05. The third-order valence-electron chi connectivity index (χ3n) is 2.38. The summed E-state index contributed by atoms with van der Waals surface area (Å²) in [6.45, 7) is 1.97. The summed E-state index contributed by atoms with van der Waals surface area (Å²) in [4.78, 5) is 9.05. The molecule has 2 aromatic rings. The lowest BCUT2D eigenvalue weighted by Gasteiger charge is -2.04. The van der Waals surface area contributed by atoms with E-state index in [1.165, 1.54) is 0 Å². The van der Waals surface area contributed by atoms with Crippen molar-refractivity contribution in [2.45, 2.75) is 6.92 Å². The molecular formula is C14H13ClN2S. The number of pyridine rings is 1. The van der Waals surface area contributed by atoms with Gasteiger partial charge in [-0.05, 0) is 37.4 Å². The number of nitrogens with zero attached hydrogens (tertiary/aromatic N) is 2. The van der Waals surface area contributed by atoms with Gasteiger partial charge in [-0.1, -0.05) is 29.8 Å². The van der Waals surface area contributed by atoms with Crippen molar-refractivity contribution in [3.05, 3.63) is 58.9 Å². The first-order valence-electron chi connectivity index (χ1n) is 5.52. The van der Waals surface area contributed by atoms with Crippen LogP contribution in [0.1, 0.15) is 11.4 Å². The van der Waals surface area contributed by atoms with Crippen molar-refractivity contribution >= 4 is 34.1 Å². The smallest absolute Gasteiger partial charge is 0.122 e. The molecule has 1 heterocycles. The largest absolute Gasteiger partial charge is 0.251 e. The Labute approximate surface area is 116 Å². The molecule has 18 heavy (non-hydrogen) atoms. The van der Waals surface area contributed by atoms with Crippen LogP contribution < -0.4 is 0 Å². The second-order valence-electron chi connectivity index (χ2n) is 3.74. The quantitative estimate of drug-likeness (QED) is 0.597. The van der Waals surface area contributed by atoms with E-state index in [1.807, 2.05) is 55.6 Å². The predicted octanol–water partition coefficient (Wildman–Crippen LogP) is 4.48. The zero-order valence-electron chi connectivity index (χ0n) is 10.2. The fourth-order valence-electron chi connectivity index (χ4n) is 1.52. The molecule has 0 spiro atoms. The van der Waals surface area contributed by atoms with E-state index in [4.69, 9.17) is 11.6 Å². The molecule has 1 aromatic carbocycles. The first-order valence-corrected chi connectivity index (χ1v) is 7.12. The molecule has 2 rings (SSSR count). The maximum atomic E-state index is 6.11. The molecule has 0 unspecified atom stereocenters. The van der Waals surface area contributed by atoms with Gasteiger partial charge >= 0.3 is 0 Å². The van der Waals surface area contributed by atoms with E-state index in [-0.39, 0.29) is 0 Å². The number of aryl methyl sites for hydroxylation is 1. The zero-order valence-corrected chi connectivity index (χ0v) is 11.8. The monoisotopic (exact) mass is 276 g/mol. The molecule has 4 heteroatoms. The molecule has 0 aliphatic heterocycles. The molecule has 92 valence electrons. The number of hydrogen-bond donors (Lipinski definition) is 0. The Kier molecular flexibility index (Phi) is 4.39. The predicted molar refractivity (Wildman–Crippen MR) is 80.1 cm³/mol. The van der Waals surface area contributed by atoms with E-state index >= 15 is 0 Å². The molecule has 0 aliphatic carbocycles. The number of hydrogen-bond acceptors (Lipinski definition) is 3. The van der Waals surface area contributed by atoms with Crippen molar-refractivity contribution in [1.29, 1.82) is 0 Å². The highest BCUT2D eigenvalue weighted by molar-refractivity contribution is 8.13. The Hall–Kier alpha value is -1.32. The van der Waals surface area contributed by atoms with Crippen LogP contribution in [0.2, 0.25) is 5.02 Å². The zero-order chi connectivity index (χ0) is 13.0. The van der Waals surface area contributed by atoms with Crippen molar-refractivity contribution in [1.82, 2.24) is 4.98 Å². The minimum absolute atomic E-state index is 0.650. The number of rotatable bonds is 2. The third-order valence-corrected chi connectivity index (χ3v) is 3.38. The number of halogens is 1. The Balaban J connectivity index is 2.43. The number of thioether (sulfide) groups is 1. The summed E-state index contributed by atoms with van der Waals surface area (Å²) in [5.74, 6) is 0. The SMILES string of the molecule is CS/C(=N\c1ccccc1Cl)c1cccc(C)n1. The molecule has 0 saturated carbocycles. The lowest BCUT2D eigenvalue weighted by Crippen LogP contribution is -1.99. The summed E-state index contributed by atoms with van der Waals surface area (Å²) < 4.78 is 0. The second kappa shape index (κ2) is 6.03. The van der Waals surface area contributed by atoms with Crippen LogP contribution in [-0.4, -0.2) is 16.3 Å². The van der Waals surface area contributed by atoms with E-state index < -0.39 is 0 Å². The molecule has 0 N–H and O–H groups in total. The minimum Gasteiger partial charge on any atom is -0.251 e. The molecule has 0 fully saturated rings. The van der Waals surface area contributed by atoms with Gasteiger partial charge in [-0.2, -0.15) is 0 Å². The van der Waals surface area contributed by atoms with Crippen LogP contribution in [0.25, 0.3) is 0 Å². The summed E-state index contributed by atoms with van der Waals surface area (Å²) >= 11 is 7.67. The van der Waals surface area contributed by atoms with E-state index in [1.54, 1.807) is 11.8 Å². The molecular weight excluding hydrogens is 264 g/mol. The van der Waals surface area contributed by atoms with Gasteiger partial charge in [0.05, 0.1) is 16.4 Å². The second-order valence-corrected chi connectivity index (χ2v) is 4.94. The van der Waals surface area contributed by atoms with Crippen molar-refractivity contribution in [2.24, 2.45) is 4.99 Å². The topological polar surface area (TPSA) is 25.2 Å². The summed E-state index contributed by atoms with van der Waals surface area (Å²) in [5, 5.41) is 1.52. The van der Waals surface area contributed by atoms with Gasteiger partial charge < -0.3 is 0 Å². The average molecular weight is 277 g/mol. The highest BCUT2D eigenvalue weighted by Crippen LogP contribution is 2.26. The van der Waals surface area contributed by atoms with Crippen LogP contribution in [0.15, 0.2) is 47.5 Å². The molecule has 2 nitrogen and oxygen atoms in total. The molecule has 0 amide bonds. The van der Waals surface area contributed by atoms with Crippen LogP contribution in [0.5, 0.6) is 0 Å². The molecule has 1 aromatic heterocycles. The normalized spacial score (nSPS) is 11.6. The Morgan fingerprint density at radius 3 is 2.61 bits per heavy atom. The summed E-state index contributed by atoms with van der Waals surface area (Å²) in [6.07, 6.45) is 1.99. The Morgan fingerprint density at radius 1 is 1.17 bits per heavy atom. The highest BCUT2D eigenvalue weighted by atomic mass is 35.5. The summed E-state index contributed by atoms with van der Waals surface area (Å²) in [5.41, 5.74) is 2.63. The van der Waals surface area contributed by atoms with E-state index in [0.29, 0.717) is 5.02 Å². The first kappa shape index (κ1) is 13.1. The van der Waals surface area contributed by atoms with Crippen molar-refractivity contribution in [2.75, 3.05) is 6.26 Å². The fourth-order valence-corrected chi connectivity index (χ4v) is 2.21. The van der Waals surface area contributed by atoms with Crippen molar-refractivity contribution in [3.8, 4) is 0 Å². The molecule has 0 saturated heterocycles. The summed E-state index contributed by atoms with van der Waals surface area (Å²) in [7, 11) is 0. The van der Waals surface area contributed by atoms with Crippen LogP contribution >= 0.6 is 23.4 Å². The van der Waals surface area contributed by atoms with Crippen LogP contribution in [0, 0.1) is 6.92 Å². The van der Waals surface area contributed by atoms with Gasteiger partial charge in [-0.15, -0.1) is 11.8 Å². The van der Waals surface area contributed by atoms with Gasteiger partial charge in [0.25, 0.3) is 0 Å². The number of para-hydroxylation sites is 1. The summed E-state index contributed by atoms with van der Waals surface area (Å²) in [6, 6.07) is 13.5. The van der Waals surface area contributed by atoms with Crippen molar-refractivity contribution in [3.63, 3.8) is 0 Å². The van der Waals surface area contributed by atoms with Gasteiger partial charge in [0.15, 0.2) is 0 Å². The van der Waals surface area contributed by atoms with E-state index in [2.05, 4.69) is 9.98 Å². The van der Waals surface area contributed by atoms with E-state index in [0.717, 1.165) is 22.1 Å². The van der Waals surface area contributed by atoms with Gasteiger partial charge in [-0.25, -0.2) is 4.99 Å². The third kappa shape index (κ3) is 3.12. The molecule has 0 bridgehead atoms. The fraction of sp³-hybridized carbons (Fsp3) is 0.143. The van der Waals surface area contributed by atoms with Crippen LogP contribution in [0.3, 0.4) is 0 Å². The number of benzene rings is 1. The van der Waals surface area contributed by atoms with Crippen molar-refractivity contribution < 1.29 is 0 Å². The van der Waals surface area contributed by atoms with Gasteiger partial charge in [0.1, 0.15) is 5.04 Å². The average Bonchev–Trinajstić information content (AvgIpc) is 2.38. The van der Waals surface area contributed by atoms with Gasteiger partial charge in [0, 0.05) is 5.69 Å².